The predicted octanol–water partition coefficient (Wildman–Crippen LogP) is 4.48. The van der Waals surface area contributed by atoms with Crippen molar-refractivity contribution < 1.29 is 0 Å². The largest absolute Gasteiger partial charge is 0.307 e. The number of fused-ring (bicyclic) bond motifs is 1. The molecule has 0 amide bonds. The summed E-state index contributed by atoms with van der Waals surface area (Å²) in [6.07, 6.45) is 6.91. The molecule has 1 nitrogen and oxygen atoms in total. The molecule has 1 aromatic rings. The first kappa shape index (κ1) is 13.2. The molecule has 1 unspecified atom stereocenters. The van der Waals surface area contributed by atoms with Crippen LogP contribution >= 0.6 is 0 Å². The molecule has 2 aliphatic carbocycles. The van der Waals surface area contributed by atoms with Gasteiger partial charge < -0.3 is 5.32 Å². The first-order chi connectivity index (χ1) is 9.08. The molecule has 1 saturated carbocycles. The van der Waals surface area contributed by atoms with Crippen LogP contribution in [0.15, 0.2) is 24.3 Å². The highest BCUT2D eigenvalue weighted by atomic mass is 15.0. The summed E-state index contributed by atoms with van der Waals surface area (Å²) in [6.45, 7) is 7.21. The molecule has 1 aromatic carbocycles. The normalized spacial score (nSPS) is 27.4. The fourth-order valence-electron chi connectivity index (χ4n) is 4.16. The quantitative estimate of drug-likeness (QED) is 0.842. The Morgan fingerprint density at radius 1 is 1.16 bits per heavy atom. The van der Waals surface area contributed by atoms with Crippen molar-refractivity contribution in [2.45, 2.75) is 65.0 Å². The average Bonchev–Trinajstić information content (AvgIpc) is 2.96. The number of rotatable bonds is 3. The molecule has 1 heteroatoms. The Morgan fingerprint density at radius 3 is 2.58 bits per heavy atom. The maximum absolute atomic E-state index is 3.97. The van der Waals surface area contributed by atoms with Crippen molar-refractivity contribution >= 4 is 0 Å². The van der Waals surface area contributed by atoms with E-state index in [-0.39, 0.29) is 0 Å². The number of hydrogen-bond donors (Lipinski definition) is 1. The topological polar surface area (TPSA) is 12.0 Å². The first-order valence-electron chi connectivity index (χ1n) is 7.92. The van der Waals surface area contributed by atoms with Gasteiger partial charge in [-0.2, -0.15) is 0 Å². The van der Waals surface area contributed by atoms with E-state index in [4.69, 9.17) is 0 Å². The van der Waals surface area contributed by atoms with E-state index < -0.39 is 0 Å². The summed E-state index contributed by atoms with van der Waals surface area (Å²) in [6, 6.07) is 10.2. The van der Waals surface area contributed by atoms with E-state index in [0.717, 1.165) is 5.92 Å². The molecule has 2 atom stereocenters. The minimum Gasteiger partial charge on any atom is -0.307 e. The maximum atomic E-state index is 3.97. The van der Waals surface area contributed by atoms with Gasteiger partial charge >= 0.3 is 0 Å². The van der Waals surface area contributed by atoms with Gasteiger partial charge in [-0.25, -0.2) is 0 Å². The third-order valence-electron chi connectivity index (χ3n) is 5.33. The van der Waals surface area contributed by atoms with Gasteiger partial charge in [0.25, 0.3) is 0 Å². The van der Waals surface area contributed by atoms with Gasteiger partial charge in [-0.3, -0.25) is 0 Å². The van der Waals surface area contributed by atoms with Gasteiger partial charge in [0.1, 0.15) is 0 Å². The zero-order chi connectivity index (χ0) is 13.5. The van der Waals surface area contributed by atoms with Crippen LogP contribution in [0.4, 0.5) is 0 Å². The summed E-state index contributed by atoms with van der Waals surface area (Å²) in [5, 5.41) is 3.97. The Kier molecular flexibility index (Phi) is 3.42. The molecular formula is C18H27N. The van der Waals surface area contributed by atoms with Crippen LogP contribution in [0.25, 0.3) is 0 Å². The predicted molar refractivity (Wildman–Crippen MR) is 81.2 cm³/mol. The number of nitrogens with one attached hydrogen (secondary N) is 1. The lowest BCUT2D eigenvalue weighted by molar-refractivity contribution is 0.226. The smallest absolute Gasteiger partial charge is 0.0379 e. The summed E-state index contributed by atoms with van der Waals surface area (Å²) >= 11 is 0. The van der Waals surface area contributed by atoms with E-state index >= 15 is 0 Å². The molecule has 2 aliphatic rings. The molecule has 1 N–H and O–H groups in total. The van der Waals surface area contributed by atoms with Crippen LogP contribution in [-0.4, -0.2) is 6.04 Å². The fourth-order valence-corrected chi connectivity index (χ4v) is 4.16. The minimum absolute atomic E-state index is 0.344. The van der Waals surface area contributed by atoms with Crippen LogP contribution < -0.4 is 5.32 Å². The summed E-state index contributed by atoms with van der Waals surface area (Å²) < 4.78 is 0. The van der Waals surface area contributed by atoms with E-state index in [1.54, 1.807) is 5.56 Å². The van der Waals surface area contributed by atoms with E-state index in [0.29, 0.717) is 17.5 Å². The van der Waals surface area contributed by atoms with Gasteiger partial charge in [-0.1, -0.05) is 51.0 Å². The third-order valence-corrected chi connectivity index (χ3v) is 5.33. The highest BCUT2D eigenvalue weighted by Gasteiger charge is 2.39. The second-order valence-corrected chi connectivity index (χ2v) is 7.30. The first-order valence-corrected chi connectivity index (χ1v) is 7.92. The molecule has 0 radical (unpaired) electrons. The molecule has 0 aromatic heterocycles. The van der Waals surface area contributed by atoms with Crippen molar-refractivity contribution in [3.63, 3.8) is 0 Å². The summed E-state index contributed by atoms with van der Waals surface area (Å²) in [5.41, 5.74) is 3.43. The van der Waals surface area contributed by atoms with E-state index in [1.165, 1.54) is 37.7 Å². The Bertz CT molecular complexity index is 443. The number of benzene rings is 1. The Morgan fingerprint density at radius 2 is 1.84 bits per heavy atom. The summed E-state index contributed by atoms with van der Waals surface area (Å²) in [5.74, 6) is 0.892. The van der Waals surface area contributed by atoms with Crippen LogP contribution in [0.3, 0.4) is 0 Å². The van der Waals surface area contributed by atoms with Crippen molar-refractivity contribution in [1.29, 1.82) is 0 Å². The number of hydrogen-bond acceptors (Lipinski definition) is 1. The molecule has 0 bridgehead atoms. The van der Waals surface area contributed by atoms with Crippen molar-refractivity contribution in [3.05, 3.63) is 35.4 Å². The molecular weight excluding hydrogens is 230 g/mol. The average molecular weight is 257 g/mol. The molecule has 104 valence electrons. The van der Waals surface area contributed by atoms with E-state index in [9.17, 15) is 0 Å². The second-order valence-electron chi connectivity index (χ2n) is 7.30. The van der Waals surface area contributed by atoms with Gasteiger partial charge in [0.2, 0.25) is 0 Å². The third kappa shape index (κ3) is 2.45. The zero-order valence-electron chi connectivity index (χ0n) is 12.6. The van der Waals surface area contributed by atoms with Crippen LogP contribution in [-0.2, 0) is 6.42 Å². The van der Waals surface area contributed by atoms with Crippen LogP contribution in [0, 0.1) is 11.3 Å². The van der Waals surface area contributed by atoms with Gasteiger partial charge in [0.15, 0.2) is 0 Å². The Hall–Kier alpha value is -0.820. The highest BCUT2D eigenvalue weighted by molar-refractivity contribution is 5.37. The Balaban J connectivity index is 1.78. The van der Waals surface area contributed by atoms with E-state index in [1.807, 2.05) is 0 Å². The van der Waals surface area contributed by atoms with Gasteiger partial charge in [0.05, 0.1) is 0 Å². The van der Waals surface area contributed by atoms with Crippen LogP contribution in [0.5, 0.6) is 0 Å². The second kappa shape index (κ2) is 4.94. The highest BCUT2D eigenvalue weighted by Crippen LogP contribution is 2.45. The monoisotopic (exact) mass is 257 g/mol. The fraction of sp³-hybridized carbons (Fsp3) is 0.667. The summed E-state index contributed by atoms with van der Waals surface area (Å²) in [4.78, 5) is 0. The molecule has 0 aliphatic heterocycles. The zero-order valence-corrected chi connectivity index (χ0v) is 12.6. The van der Waals surface area contributed by atoms with Crippen molar-refractivity contribution in [3.8, 4) is 0 Å². The maximum Gasteiger partial charge on any atom is 0.0379 e. The van der Waals surface area contributed by atoms with Crippen LogP contribution in [0.1, 0.15) is 63.6 Å². The van der Waals surface area contributed by atoms with Crippen molar-refractivity contribution in [1.82, 2.24) is 5.32 Å². The van der Waals surface area contributed by atoms with Gasteiger partial charge in [-0.15, -0.1) is 0 Å². The van der Waals surface area contributed by atoms with Crippen LogP contribution in [0.2, 0.25) is 0 Å². The SMILES string of the molecule is C[C@H](NC1c2ccccc2CC1(C)C)C1CCCC1. The van der Waals surface area contributed by atoms with Crippen molar-refractivity contribution in [2.75, 3.05) is 0 Å². The molecule has 0 heterocycles. The lowest BCUT2D eigenvalue weighted by Crippen LogP contribution is -2.40. The molecule has 3 rings (SSSR count). The standard InChI is InChI=1S/C18H27N/c1-13(14-8-4-5-9-14)19-17-16-11-7-6-10-15(16)12-18(17,2)3/h6-7,10-11,13-14,17,19H,4-5,8-9,12H2,1-3H3/t13-,17?/m0/s1. The molecule has 1 fully saturated rings. The minimum atomic E-state index is 0.344. The van der Waals surface area contributed by atoms with E-state index in [2.05, 4.69) is 50.4 Å². The van der Waals surface area contributed by atoms with Gasteiger partial charge in [0, 0.05) is 12.1 Å². The molecule has 0 spiro atoms. The molecule has 19 heavy (non-hydrogen) atoms. The Labute approximate surface area is 117 Å². The lowest BCUT2D eigenvalue weighted by atomic mass is 9.84. The molecule has 0 saturated heterocycles. The summed E-state index contributed by atoms with van der Waals surface area (Å²) in [7, 11) is 0. The van der Waals surface area contributed by atoms with Crippen molar-refractivity contribution in [2.24, 2.45) is 11.3 Å². The van der Waals surface area contributed by atoms with Gasteiger partial charge in [-0.05, 0) is 48.6 Å². The lowest BCUT2D eigenvalue weighted by Gasteiger charge is -2.33.